The van der Waals surface area contributed by atoms with Gasteiger partial charge in [0.05, 0.1) is 24.9 Å². The van der Waals surface area contributed by atoms with Gasteiger partial charge in [0.25, 0.3) is 0 Å². The van der Waals surface area contributed by atoms with E-state index in [1.54, 1.807) is 0 Å². The number of hydrogen-bond donors (Lipinski definition) is 0. The summed E-state index contributed by atoms with van der Waals surface area (Å²) in [7, 11) is 0. The van der Waals surface area contributed by atoms with Crippen molar-refractivity contribution in [1.29, 1.82) is 0 Å². The molecule has 2 rings (SSSR count). The first-order valence-corrected chi connectivity index (χ1v) is 7.08. The lowest BCUT2D eigenvalue weighted by atomic mass is 10.2. The van der Waals surface area contributed by atoms with E-state index in [1.807, 2.05) is 36.4 Å². The Morgan fingerprint density at radius 3 is 3.00 bits per heavy atom. The van der Waals surface area contributed by atoms with E-state index in [9.17, 15) is 4.79 Å². The fourth-order valence-electron chi connectivity index (χ4n) is 2.39. The quantitative estimate of drug-likeness (QED) is 0.800. The van der Waals surface area contributed by atoms with Gasteiger partial charge in [-0.3, -0.25) is 9.48 Å². The van der Waals surface area contributed by atoms with Gasteiger partial charge in [0.2, 0.25) is 5.91 Å². The van der Waals surface area contributed by atoms with Gasteiger partial charge in [-0.1, -0.05) is 0 Å². The molecule has 0 bridgehead atoms. The maximum Gasteiger partial charge on any atom is 0.248 e. The molecule has 1 aliphatic rings. The third-order valence-electron chi connectivity index (χ3n) is 3.40. The second kappa shape index (κ2) is 6.85. The molecule has 0 spiro atoms. The molecule has 1 aromatic heterocycles. The second-order valence-electron chi connectivity index (χ2n) is 5.08. The summed E-state index contributed by atoms with van der Waals surface area (Å²) >= 11 is 0. The molecule has 1 amide bonds. The van der Waals surface area contributed by atoms with Gasteiger partial charge >= 0.3 is 0 Å². The zero-order valence-corrected chi connectivity index (χ0v) is 12.5. The van der Waals surface area contributed by atoms with E-state index in [1.165, 1.54) is 0 Å². The van der Waals surface area contributed by atoms with Crippen LogP contribution in [-0.4, -0.2) is 59.6 Å². The van der Waals surface area contributed by atoms with Crippen LogP contribution in [0.3, 0.4) is 0 Å². The molecule has 6 nitrogen and oxygen atoms in total. The highest BCUT2D eigenvalue weighted by molar-refractivity contribution is 5.77. The first kappa shape index (κ1) is 15.0. The average Bonchev–Trinajstić information content (AvgIpc) is 2.74. The number of aromatic nitrogens is 2. The molecule has 20 heavy (non-hydrogen) atoms. The van der Waals surface area contributed by atoms with Crippen LogP contribution in [0.1, 0.15) is 18.3 Å². The molecular weight excluding hydrogens is 258 g/mol. The highest BCUT2D eigenvalue weighted by atomic mass is 16.5. The van der Waals surface area contributed by atoms with Crippen LogP contribution in [0.2, 0.25) is 0 Å². The molecule has 1 aliphatic heterocycles. The van der Waals surface area contributed by atoms with E-state index >= 15 is 0 Å². The van der Waals surface area contributed by atoms with Crippen LogP contribution < -0.4 is 0 Å². The Balaban J connectivity index is 1.90. The van der Waals surface area contributed by atoms with Gasteiger partial charge in [0, 0.05) is 25.4 Å². The molecule has 1 unspecified atom stereocenters. The number of ether oxygens (including phenoxy) is 2. The average molecular weight is 281 g/mol. The SMILES string of the molecule is CCOCC(=O)N1CCOC(Cn2nc(C)cc2C)C1. The zero-order valence-electron chi connectivity index (χ0n) is 12.5. The number of amides is 1. The molecule has 2 heterocycles. The second-order valence-corrected chi connectivity index (χ2v) is 5.08. The van der Waals surface area contributed by atoms with Gasteiger partial charge in [-0.15, -0.1) is 0 Å². The molecule has 6 heteroatoms. The van der Waals surface area contributed by atoms with Crippen LogP contribution in [0.15, 0.2) is 6.07 Å². The predicted molar refractivity (Wildman–Crippen MR) is 74.5 cm³/mol. The van der Waals surface area contributed by atoms with Crippen molar-refractivity contribution in [2.75, 3.05) is 32.9 Å². The van der Waals surface area contributed by atoms with Crippen LogP contribution >= 0.6 is 0 Å². The summed E-state index contributed by atoms with van der Waals surface area (Å²) in [6.45, 7) is 9.10. The van der Waals surface area contributed by atoms with Crippen molar-refractivity contribution in [2.24, 2.45) is 0 Å². The van der Waals surface area contributed by atoms with Crippen LogP contribution in [0.25, 0.3) is 0 Å². The highest BCUT2D eigenvalue weighted by Crippen LogP contribution is 2.10. The normalized spacial score (nSPS) is 19.4. The van der Waals surface area contributed by atoms with Gasteiger partial charge in [0.15, 0.2) is 0 Å². The zero-order chi connectivity index (χ0) is 14.5. The van der Waals surface area contributed by atoms with Crippen molar-refractivity contribution in [3.63, 3.8) is 0 Å². The number of nitrogens with zero attached hydrogens (tertiary/aromatic N) is 3. The van der Waals surface area contributed by atoms with Crippen molar-refractivity contribution in [2.45, 2.75) is 33.4 Å². The van der Waals surface area contributed by atoms with Crippen LogP contribution in [-0.2, 0) is 20.8 Å². The van der Waals surface area contributed by atoms with E-state index in [0.29, 0.717) is 32.8 Å². The number of carbonyl (C=O) groups is 1. The molecule has 0 aromatic carbocycles. The number of hydrogen-bond acceptors (Lipinski definition) is 4. The molecule has 0 N–H and O–H groups in total. The molecule has 0 radical (unpaired) electrons. The Bertz CT molecular complexity index is 459. The Kier molecular flexibility index (Phi) is 5.14. The molecule has 1 aromatic rings. The minimum absolute atomic E-state index is 0.00711. The Morgan fingerprint density at radius 1 is 1.55 bits per heavy atom. The summed E-state index contributed by atoms with van der Waals surface area (Å²) in [6, 6.07) is 2.04. The van der Waals surface area contributed by atoms with Crippen LogP contribution in [0, 0.1) is 13.8 Å². The first-order chi connectivity index (χ1) is 9.60. The third kappa shape index (κ3) is 3.80. The minimum Gasteiger partial charge on any atom is -0.373 e. The summed E-state index contributed by atoms with van der Waals surface area (Å²) in [5.41, 5.74) is 2.12. The summed E-state index contributed by atoms with van der Waals surface area (Å²) in [5, 5.41) is 4.43. The maximum atomic E-state index is 11.9. The number of carbonyl (C=O) groups excluding carboxylic acids is 1. The minimum atomic E-state index is -0.00711. The maximum absolute atomic E-state index is 11.9. The van der Waals surface area contributed by atoms with Gasteiger partial charge in [0.1, 0.15) is 6.61 Å². The molecular formula is C14H23N3O3. The Hall–Kier alpha value is -1.40. The van der Waals surface area contributed by atoms with Crippen molar-refractivity contribution in [1.82, 2.24) is 14.7 Å². The van der Waals surface area contributed by atoms with Gasteiger partial charge in [-0.2, -0.15) is 5.10 Å². The highest BCUT2D eigenvalue weighted by Gasteiger charge is 2.25. The monoisotopic (exact) mass is 281 g/mol. The molecule has 0 saturated carbocycles. The third-order valence-corrected chi connectivity index (χ3v) is 3.40. The summed E-state index contributed by atoms with van der Waals surface area (Å²) in [5.74, 6) is 0.0357. The number of aryl methyl sites for hydroxylation is 2. The van der Waals surface area contributed by atoms with Crippen LogP contribution in [0.4, 0.5) is 0 Å². The summed E-state index contributed by atoms with van der Waals surface area (Å²) in [4.78, 5) is 13.8. The summed E-state index contributed by atoms with van der Waals surface area (Å²) in [6.07, 6.45) is -0.00711. The topological polar surface area (TPSA) is 56.6 Å². The lowest BCUT2D eigenvalue weighted by Gasteiger charge is -2.33. The summed E-state index contributed by atoms with van der Waals surface area (Å²) < 4.78 is 12.9. The van der Waals surface area contributed by atoms with E-state index in [0.717, 1.165) is 11.4 Å². The van der Waals surface area contributed by atoms with Crippen molar-refractivity contribution in [3.05, 3.63) is 17.5 Å². The largest absolute Gasteiger partial charge is 0.373 e. The van der Waals surface area contributed by atoms with Gasteiger partial charge < -0.3 is 14.4 Å². The Labute approximate surface area is 119 Å². The van der Waals surface area contributed by atoms with Crippen LogP contribution in [0.5, 0.6) is 0 Å². The number of rotatable bonds is 5. The molecule has 1 saturated heterocycles. The van der Waals surface area contributed by atoms with E-state index in [-0.39, 0.29) is 18.6 Å². The molecule has 1 atom stereocenters. The van der Waals surface area contributed by atoms with E-state index in [4.69, 9.17) is 9.47 Å². The van der Waals surface area contributed by atoms with Crippen molar-refractivity contribution >= 4 is 5.91 Å². The molecule has 0 aliphatic carbocycles. The lowest BCUT2D eigenvalue weighted by Crippen LogP contribution is -2.48. The smallest absolute Gasteiger partial charge is 0.248 e. The van der Waals surface area contributed by atoms with Gasteiger partial charge in [-0.05, 0) is 26.8 Å². The fraction of sp³-hybridized carbons (Fsp3) is 0.714. The first-order valence-electron chi connectivity index (χ1n) is 7.08. The van der Waals surface area contributed by atoms with E-state index < -0.39 is 0 Å². The standard InChI is InChI=1S/C14H23N3O3/c1-4-19-10-14(18)16-5-6-20-13(8-16)9-17-12(3)7-11(2)15-17/h7,13H,4-6,8-10H2,1-3H3. The lowest BCUT2D eigenvalue weighted by molar-refractivity contribution is -0.144. The molecule has 112 valence electrons. The number of morpholine rings is 1. The van der Waals surface area contributed by atoms with Crippen molar-refractivity contribution in [3.8, 4) is 0 Å². The van der Waals surface area contributed by atoms with Crippen molar-refractivity contribution < 1.29 is 14.3 Å². The van der Waals surface area contributed by atoms with E-state index in [2.05, 4.69) is 5.10 Å². The molecule has 1 fully saturated rings. The Morgan fingerprint density at radius 2 is 2.35 bits per heavy atom. The predicted octanol–water partition coefficient (Wildman–Crippen LogP) is 0.764. The fourth-order valence-corrected chi connectivity index (χ4v) is 2.39. The van der Waals surface area contributed by atoms with Gasteiger partial charge in [-0.25, -0.2) is 0 Å².